The average Bonchev–Trinajstić information content (AvgIpc) is 3.11. The summed E-state index contributed by atoms with van der Waals surface area (Å²) in [7, 11) is 0. The first-order chi connectivity index (χ1) is 14.5. The van der Waals surface area contributed by atoms with Crippen molar-refractivity contribution in [1.82, 2.24) is 0 Å². The van der Waals surface area contributed by atoms with Crippen molar-refractivity contribution in [3.05, 3.63) is 89.0 Å². The Morgan fingerprint density at radius 1 is 0.800 bits per heavy atom. The maximum absolute atomic E-state index is 13.0. The summed E-state index contributed by atoms with van der Waals surface area (Å²) >= 11 is 0. The molecule has 0 bridgehead atoms. The van der Waals surface area contributed by atoms with E-state index in [0.717, 1.165) is 45.2 Å². The molecule has 5 rings (SSSR count). The van der Waals surface area contributed by atoms with Crippen molar-refractivity contribution in [1.29, 1.82) is 0 Å². The molecule has 1 fully saturated rings. The Bertz CT molecular complexity index is 1070. The molecule has 2 nitrogen and oxygen atoms in total. The molecule has 5 heteroatoms. The monoisotopic (exact) mass is 409 g/mol. The van der Waals surface area contributed by atoms with Gasteiger partial charge >= 0.3 is 6.18 Å². The molecule has 0 aromatic heterocycles. The number of hydrogen-bond acceptors (Lipinski definition) is 1. The maximum Gasteiger partial charge on any atom is 0.416 e. The number of quaternary nitrogens is 1. The van der Waals surface area contributed by atoms with Crippen molar-refractivity contribution in [2.24, 2.45) is 0 Å². The van der Waals surface area contributed by atoms with Gasteiger partial charge in [-0.25, -0.2) is 0 Å². The molecule has 30 heavy (non-hydrogen) atoms. The fourth-order valence-corrected chi connectivity index (χ4v) is 4.73. The van der Waals surface area contributed by atoms with Crippen molar-refractivity contribution in [2.75, 3.05) is 31.1 Å². The highest BCUT2D eigenvalue weighted by atomic mass is 19.4. The van der Waals surface area contributed by atoms with Crippen LogP contribution in [-0.4, -0.2) is 26.2 Å². The number of fused-ring (bicyclic) bond motifs is 3. The number of nitrogens with one attached hydrogen (secondary N) is 1. The summed E-state index contributed by atoms with van der Waals surface area (Å²) < 4.78 is 39.0. The van der Waals surface area contributed by atoms with E-state index in [1.165, 1.54) is 44.8 Å². The maximum atomic E-state index is 13.0. The van der Waals surface area contributed by atoms with Gasteiger partial charge in [0.05, 0.1) is 31.7 Å². The van der Waals surface area contributed by atoms with Crippen molar-refractivity contribution < 1.29 is 18.1 Å². The Balaban J connectivity index is 1.23. The number of piperazine rings is 1. The van der Waals surface area contributed by atoms with Crippen LogP contribution in [0.15, 0.2) is 66.7 Å². The summed E-state index contributed by atoms with van der Waals surface area (Å²) in [6, 6.07) is 21.1. The Morgan fingerprint density at radius 3 is 2.37 bits per heavy atom. The molecular weight excluding hydrogens is 385 g/mol. The molecular formula is C25H24F3N2+. The summed E-state index contributed by atoms with van der Waals surface area (Å²) in [5.41, 5.74) is 6.92. The number of benzene rings is 3. The third-order valence-corrected chi connectivity index (χ3v) is 6.32. The minimum absolute atomic E-state index is 0.575. The number of alkyl halides is 3. The molecule has 0 spiro atoms. The van der Waals surface area contributed by atoms with Gasteiger partial charge in [-0.2, -0.15) is 13.2 Å². The van der Waals surface area contributed by atoms with Gasteiger partial charge in [0.25, 0.3) is 0 Å². The first kappa shape index (κ1) is 19.2. The normalized spacial score (nSPS) is 16.4. The molecule has 1 N–H and O–H groups in total. The van der Waals surface area contributed by atoms with Crippen LogP contribution in [0.25, 0.3) is 11.1 Å². The Kier molecular flexibility index (Phi) is 4.78. The van der Waals surface area contributed by atoms with Crippen LogP contribution in [-0.2, 0) is 19.1 Å². The third-order valence-electron chi connectivity index (χ3n) is 6.32. The van der Waals surface area contributed by atoms with Crippen molar-refractivity contribution >= 4 is 5.69 Å². The van der Waals surface area contributed by atoms with Gasteiger partial charge < -0.3 is 9.80 Å². The zero-order valence-corrected chi connectivity index (χ0v) is 16.7. The van der Waals surface area contributed by atoms with E-state index in [4.69, 9.17) is 0 Å². The van der Waals surface area contributed by atoms with Crippen LogP contribution in [0.5, 0.6) is 0 Å². The van der Waals surface area contributed by atoms with Crippen LogP contribution in [0.3, 0.4) is 0 Å². The lowest BCUT2D eigenvalue weighted by Gasteiger charge is -2.34. The molecule has 1 saturated heterocycles. The number of hydrogen-bond donors (Lipinski definition) is 1. The van der Waals surface area contributed by atoms with E-state index in [1.54, 1.807) is 6.07 Å². The van der Waals surface area contributed by atoms with Crippen molar-refractivity contribution in [3.8, 4) is 11.1 Å². The second-order valence-corrected chi connectivity index (χ2v) is 8.29. The number of halogens is 3. The molecule has 1 aliphatic carbocycles. The van der Waals surface area contributed by atoms with E-state index in [-0.39, 0.29) is 0 Å². The second kappa shape index (κ2) is 7.47. The minimum atomic E-state index is -4.30. The molecule has 3 aromatic carbocycles. The lowest BCUT2D eigenvalue weighted by Crippen LogP contribution is -3.13. The van der Waals surface area contributed by atoms with Gasteiger partial charge in [-0.15, -0.1) is 0 Å². The fraction of sp³-hybridized carbons (Fsp3) is 0.280. The molecule has 3 aromatic rings. The SMILES string of the molecule is FC(F)(F)c1cccc(N2CC[NH+](Cc3ccc4c(c3)Cc3ccccc3-4)CC2)c1. The molecule has 0 unspecified atom stereocenters. The van der Waals surface area contributed by atoms with E-state index in [2.05, 4.69) is 47.4 Å². The summed E-state index contributed by atoms with van der Waals surface area (Å²) in [6.07, 6.45) is -3.30. The predicted octanol–water partition coefficient (Wildman–Crippen LogP) is 4.18. The Labute approximate surface area is 174 Å². The van der Waals surface area contributed by atoms with Crippen LogP contribution in [0.1, 0.15) is 22.3 Å². The van der Waals surface area contributed by atoms with Gasteiger partial charge in [-0.05, 0) is 52.9 Å². The van der Waals surface area contributed by atoms with E-state index < -0.39 is 11.7 Å². The molecule has 0 saturated carbocycles. The summed E-state index contributed by atoms with van der Waals surface area (Å²) in [5, 5.41) is 0. The van der Waals surface area contributed by atoms with Gasteiger partial charge in [0.1, 0.15) is 6.54 Å². The Hall–Kier alpha value is -2.79. The van der Waals surface area contributed by atoms with E-state index in [1.807, 2.05) is 0 Å². The molecule has 1 heterocycles. The molecule has 0 radical (unpaired) electrons. The number of anilines is 1. The highest BCUT2D eigenvalue weighted by molar-refractivity contribution is 5.76. The topological polar surface area (TPSA) is 7.68 Å². The van der Waals surface area contributed by atoms with Crippen LogP contribution >= 0.6 is 0 Å². The highest BCUT2D eigenvalue weighted by Gasteiger charge is 2.31. The van der Waals surface area contributed by atoms with Crippen LogP contribution in [0.2, 0.25) is 0 Å². The minimum Gasteiger partial charge on any atom is -0.360 e. The van der Waals surface area contributed by atoms with Crippen molar-refractivity contribution in [2.45, 2.75) is 19.1 Å². The largest absolute Gasteiger partial charge is 0.416 e. The smallest absolute Gasteiger partial charge is 0.360 e. The molecule has 2 aliphatic rings. The van der Waals surface area contributed by atoms with Gasteiger partial charge in [0.15, 0.2) is 0 Å². The zero-order chi connectivity index (χ0) is 20.7. The van der Waals surface area contributed by atoms with Gasteiger partial charge in [-0.3, -0.25) is 0 Å². The summed E-state index contributed by atoms with van der Waals surface area (Å²) in [4.78, 5) is 3.55. The van der Waals surface area contributed by atoms with Gasteiger partial charge in [0, 0.05) is 11.3 Å². The lowest BCUT2D eigenvalue weighted by molar-refractivity contribution is -0.914. The van der Waals surface area contributed by atoms with Crippen LogP contribution in [0.4, 0.5) is 18.9 Å². The average molecular weight is 409 g/mol. The van der Waals surface area contributed by atoms with E-state index in [9.17, 15) is 13.2 Å². The third kappa shape index (κ3) is 3.70. The number of rotatable bonds is 3. The zero-order valence-electron chi connectivity index (χ0n) is 16.7. The Morgan fingerprint density at radius 2 is 1.57 bits per heavy atom. The first-order valence-electron chi connectivity index (χ1n) is 10.4. The highest BCUT2D eigenvalue weighted by Crippen LogP contribution is 2.36. The van der Waals surface area contributed by atoms with Gasteiger partial charge in [-0.1, -0.05) is 42.5 Å². The number of nitrogens with zero attached hydrogens (tertiary/aromatic N) is 1. The quantitative estimate of drug-likeness (QED) is 0.533. The molecule has 0 amide bonds. The second-order valence-electron chi connectivity index (χ2n) is 8.29. The van der Waals surface area contributed by atoms with E-state index in [0.29, 0.717) is 5.69 Å². The fourth-order valence-electron chi connectivity index (χ4n) is 4.73. The first-order valence-corrected chi connectivity index (χ1v) is 10.4. The van der Waals surface area contributed by atoms with Crippen LogP contribution in [0, 0.1) is 0 Å². The lowest BCUT2D eigenvalue weighted by atomic mass is 10.0. The standard InChI is InChI=1S/C25H23F3N2/c26-25(27,28)21-5-3-6-22(16-21)30-12-10-29(11-13-30)17-18-8-9-24-20(14-18)15-19-4-1-2-7-23(19)24/h1-9,14,16H,10-13,15,17H2/p+1. The molecule has 154 valence electrons. The summed E-state index contributed by atoms with van der Waals surface area (Å²) in [6.45, 7) is 4.35. The van der Waals surface area contributed by atoms with Crippen molar-refractivity contribution in [3.63, 3.8) is 0 Å². The predicted molar refractivity (Wildman–Crippen MR) is 113 cm³/mol. The summed E-state index contributed by atoms with van der Waals surface area (Å²) in [5.74, 6) is 0. The van der Waals surface area contributed by atoms with Gasteiger partial charge in [0.2, 0.25) is 0 Å². The van der Waals surface area contributed by atoms with E-state index >= 15 is 0 Å². The van der Waals surface area contributed by atoms with Crippen LogP contribution < -0.4 is 9.80 Å². The molecule has 1 aliphatic heterocycles. The molecule has 0 atom stereocenters.